The Kier molecular flexibility index (Phi) is 6.93. The highest BCUT2D eigenvalue weighted by Crippen LogP contribution is 2.28. The molecule has 0 saturated heterocycles. The van der Waals surface area contributed by atoms with Gasteiger partial charge in [-0.2, -0.15) is 0 Å². The Hall–Kier alpha value is -2.53. The molecule has 0 radical (unpaired) electrons. The zero-order valence-electron chi connectivity index (χ0n) is 16.8. The lowest BCUT2D eigenvalue weighted by atomic mass is 10.1. The van der Waals surface area contributed by atoms with Gasteiger partial charge in [-0.1, -0.05) is 56.0 Å². The van der Waals surface area contributed by atoms with Crippen molar-refractivity contribution in [2.45, 2.75) is 38.2 Å². The maximum Gasteiger partial charge on any atom is 0.192 e. The van der Waals surface area contributed by atoms with E-state index in [1.54, 1.807) is 11.8 Å². The molecular weight excluding hydrogens is 366 g/mol. The lowest BCUT2D eigenvalue weighted by molar-refractivity contribution is 0.271. The molecule has 0 aliphatic heterocycles. The van der Waals surface area contributed by atoms with Gasteiger partial charge in [0.05, 0.1) is 6.61 Å². The summed E-state index contributed by atoms with van der Waals surface area (Å²) in [5.41, 5.74) is 3.63. The molecule has 0 fully saturated rings. The third-order valence-corrected chi connectivity index (χ3v) is 5.36. The van der Waals surface area contributed by atoms with Crippen LogP contribution >= 0.6 is 11.8 Å². The number of aromatic nitrogens is 3. The molecule has 1 heterocycles. The second-order valence-electron chi connectivity index (χ2n) is 7.15. The molecule has 3 rings (SSSR count). The molecule has 0 unspecified atom stereocenters. The van der Waals surface area contributed by atoms with Gasteiger partial charge in [-0.25, -0.2) is 0 Å². The predicted molar refractivity (Wildman–Crippen MR) is 117 cm³/mol. The summed E-state index contributed by atoms with van der Waals surface area (Å²) in [6, 6.07) is 16.5. The predicted octanol–water partition coefficient (Wildman–Crippen LogP) is 5.77. The Labute approximate surface area is 171 Å². The molecule has 0 saturated carbocycles. The normalized spacial score (nSPS) is 11.0. The number of hydrogen-bond acceptors (Lipinski definition) is 4. The quantitative estimate of drug-likeness (QED) is 0.342. The summed E-state index contributed by atoms with van der Waals surface area (Å²) in [7, 11) is 0. The van der Waals surface area contributed by atoms with E-state index in [0.717, 1.165) is 28.0 Å². The molecule has 5 heteroatoms. The number of benzene rings is 2. The van der Waals surface area contributed by atoms with E-state index >= 15 is 0 Å². The van der Waals surface area contributed by atoms with Gasteiger partial charge in [-0.15, -0.1) is 16.8 Å². The van der Waals surface area contributed by atoms with Crippen LogP contribution in [0.2, 0.25) is 0 Å². The van der Waals surface area contributed by atoms with E-state index in [9.17, 15) is 0 Å². The fraction of sp³-hybridized carbons (Fsp3) is 0.304. The fourth-order valence-corrected chi connectivity index (χ4v) is 3.80. The van der Waals surface area contributed by atoms with E-state index in [2.05, 4.69) is 66.4 Å². The van der Waals surface area contributed by atoms with Crippen molar-refractivity contribution in [3.63, 3.8) is 0 Å². The maximum atomic E-state index is 5.78. The average Bonchev–Trinajstić information content (AvgIpc) is 3.09. The minimum atomic E-state index is 0.503. The van der Waals surface area contributed by atoms with Crippen LogP contribution in [0.15, 0.2) is 66.3 Å². The Bertz CT molecular complexity index is 916. The summed E-state index contributed by atoms with van der Waals surface area (Å²) >= 11 is 1.70. The average molecular weight is 394 g/mol. The summed E-state index contributed by atoms with van der Waals surface area (Å²) in [4.78, 5) is 0. The van der Waals surface area contributed by atoms with Gasteiger partial charge in [0.25, 0.3) is 0 Å². The van der Waals surface area contributed by atoms with Crippen LogP contribution in [-0.4, -0.2) is 21.4 Å². The Morgan fingerprint density at radius 1 is 1.11 bits per heavy atom. The number of allylic oxidation sites excluding steroid dienone is 1. The molecule has 1 aromatic heterocycles. The van der Waals surface area contributed by atoms with Gasteiger partial charge < -0.3 is 4.74 Å². The maximum absolute atomic E-state index is 5.78. The number of rotatable bonds is 9. The number of ether oxygens (including phenoxy) is 1. The largest absolute Gasteiger partial charge is 0.493 e. The summed E-state index contributed by atoms with van der Waals surface area (Å²) in [6.45, 7) is 11.7. The van der Waals surface area contributed by atoms with Gasteiger partial charge in [0.1, 0.15) is 5.75 Å². The van der Waals surface area contributed by atoms with Crippen molar-refractivity contribution in [1.82, 2.24) is 14.8 Å². The molecule has 0 atom stereocenters. The van der Waals surface area contributed by atoms with Crippen molar-refractivity contribution >= 4 is 11.8 Å². The molecule has 0 aliphatic rings. The van der Waals surface area contributed by atoms with Crippen molar-refractivity contribution in [2.75, 3.05) is 6.61 Å². The van der Waals surface area contributed by atoms with Gasteiger partial charge in [-0.05, 0) is 48.2 Å². The summed E-state index contributed by atoms with van der Waals surface area (Å²) in [5.74, 6) is 3.09. The second kappa shape index (κ2) is 9.60. The summed E-state index contributed by atoms with van der Waals surface area (Å²) in [6.07, 6.45) is 1.88. The van der Waals surface area contributed by atoms with Crippen molar-refractivity contribution in [1.29, 1.82) is 0 Å². The highest BCUT2D eigenvalue weighted by atomic mass is 32.2. The summed E-state index contributed by atoms with van der Waals surface area (Å²) in [5, 5.41) is 9.78. The van der Waals surface area contributed by atoms with E-state index in [1.165, 1.54) is 11.1 Å². The van der Waals surface area contributed by atoms with Crippen molar-refractivity contribution < 1.29 is 4.74 Å². The zero-order valence-corrected chi connectivity index (χ0v) is 17.6. The Balaban J connectivity index is 1.78. The van der Waals surface area contributed by atoms with Gasteiger partial charge >= 0.3 is 0 Å². The van der Waals surface area contributed by atoms with Gasteiger partial charge in [-0.3, -0.25) is 4.57 Å². The van der Waals surface area contributed by atoms with E-state index < -0.39 is 0 Å². The molecule has 0 amide bonds. The molecule has 4 nitrogen and oxygen atoms in total. The second-order valence-corrected chi connectivity index (χ2v) is 8.09. The lowest BCUT2D eigenvalue weighted by Gasteiger charge is -2.10. The Morgan fingerprint density at radius 3 is 2.54 bits per heavy atom. The molecule has 146 valence electrons. The fourth-order valence-electron chi connectivity index (χ4n) is 2.78. The number of aryl methyl sites for hydroxylation is 1. The minimum Gasteiger partial charge on any atom is -0.493 e. The van der Waals surface area contributed by atoms with Crippen LogP contribution in [0, 0.1) is 12.8 Å². The minimum absolute atomic E-state index is 0.503. The van der Waals surface area contributed by atoms with Crippen LogP contribution in [0.3, 0.4) is 0 Å². The molecule has 0 spiro atoms. The molecule has 28 heavy (non-hydrogen) atoms. The summed E-state index contributed by atoms with van der Waals surface area (Å²) < 4.78 is 7.89. The van der Waals surface area contributed by atoms with Crippen molar-refractivity contribution in [3.8, 4) is 17.1 Å². The third-order valence-electron chi connectivity index (χ3n) is 4.34. The first-order valence-corrected chi connectivity index (χ1v) is 10.5. The van der Waals surface area contributed by atoms with Crippen LogP contribution in [0.25, 0.3) is 11.4 Å². The highest BCUT2D eigenvalue weighted by Gasteiger charge is 2.14. The van der Waals surface area contributed by atoms with E-state index in [1.807, 2.05) is 30.3 Å². The SMILES string of the molecule is C=CCn1c(SCc2ccccc2C)nnc1-c1ccc(OCC(C)C)cc1. The first kappa shape index (κ1) is 20.2. The van der Waals surface area contributed by atoms with Crippen LogP contribution in [0.1, 0.15) is 25.0 Å². The van der Waals surface area contributed by atoms with Crippen LogP contribution < -0.4 is 4.74 Å². The highest BCUT2D eigenvalue weighted by molar-refractivity contribution is 7.98. The third kappa shape index (κ3) is 5.04. The molecular formula is C23H27N3OS. The topological polar surface area (TPSA) is 39.9 Å². The van der Waals surface area contributed by atoms with Crippen LogP contribution in [-0.2, 0) is 12.3 Å². The van der Waals surface area contributed by atoms with Gasteiger partial charge in [0.15, 0.2) is 11.0 Å². The number of nitrogens with zero attached hydrogens (tertiary/aromatic N) is 3. The number of hydrogen-bond donors (Lipinski definition) is 0. The van der Waals surface area contributed by atoms with E-state index in [-0.39, 0.29) is 0 Å². The van der Waals surface area contributed by atoms with Gasteiger partial charge in [0.2, 0.25) is 0 Å². The van der Waals surface area contributed by atoms with Crippen LogP contribution in [0.4, 0.5) is 0 Å². The first-order chi connectivity index (χ1) is 13.6. The molecule has 0 bridgehead atoms. The van der Waals surface area contributed by atoms with Gasteiger partial charge in [0, 0.05) is 17.9 Å². The smallest absolute Gasteiger partial charge is 0.192 e. The Morgan fingerprint density at radius 2 is 1.86 bits per heavy atom. The molecule has 2 aromatic carbocycles. The monoisotopic (exact) mass is 393 g/mol. The van der Waals surface area contributed by atoms with Crippen molar-refractivity contribution in [2.24, 2.45) is 5.92 Å². The molecule has 3 aromatic rings. The molecule has 0 aliphatic carbocycles. The first-order valence-electron chi connectivity index (χ1n) is 9.53. The lowest BCUT2D eigenvalue weighted by Crippen LogP contribution is -2.04. The van der Waals surface area contributed by atoms with Crippen LogP contribution in [0.5, 0.6) is 5.75 Å². The van der Waals surface area contributed by atoms with Crippen molar-refractivity contribution in [3.05, 3.63) is 72.3 Å². The van der Waals surface area contributed by atoms with E-state index in [4.69, 9.17) is 4.74 Å². The standard InChI is InChI=1S/C23H27N3OS/c1-5-14-26-22(19-10-12-21(13-11-19)27-15-17(2)3)24-25-23(26)28-16-20-9-7-6-8-18(20)4/h5-13,17H,1,14-16H2,2-4H3. The number of thioether (sulfide) groups is 1. The van der Waals surface area contributed by atoms with E-state index in [0.29, 0.717) is 19.1 Å². The zero-order chi connectivity index (χ0) is 19.9. The molecule has 0 N–H and O–H groups in total.